The number of benzene rings is 2. The summed E-state index contributed by atoms with van der Waals surface area (Å²) >= 11 is 5.94. The fourth-order valence-electron chi connectivity index (χ4n) is 2.78. The van der Waals surface area contributed by atoms with Gasteiger partial charge in [-0.25, -0.2) is 4.39 Å². The predicted molar refractivity (Wildman–Crippen MR) is 96.5 cm³/mol. The van der Waals surface area contributed by atoms with E-state index >= 15 is 0 Å². The van der Waals surface area contributed by atoms with Crippen LogP contribution >= 0.6 is 11.6 Å². The van der Waals surface area contributed by atoms with Crippen molar-refractivity contribution in [3.63, 3.8) is 0 Å². The molecule has 26 heavy (non-hydrogen) atoms. The lowest BCUT2D eigenvalue weighted by atomic mass is 10.0. The second kappa shape index (κ2) is 6.96. The second-order valence-corrected chi connectivity index (χ2v) is 6.55. The number of rotatable bonds is 4. The lowest BCUT2D eigenvalue weighted by molar-refractivity contribution is -0.146. The molecule has 3 rings (SSSR count). The molecule has 1 atom stereocenters. The molecular formula is C19H18ClFN2O3. The summed E-state index contributed by atoms with van der Waals surface area (Å²) in [7, 11) is 0. The van der Waals surface area contributed by atoms with E-state index in [1.54, 1.807) is 37.3 Å². The van der Waals surface area contributed by atoms with Gasteiger partial charge < -0.3 is 9.47 Å². The van der Waals surface area contributed by atoms with Crippen LogP contribution in [0.5, 0.6) is 5.75 Å². The standard InChI is InChI=1S/C19H18ClFN2O3/c1-12-10-15(20)6-9-17(12)25-11-18-22-23(13(2)24)19(3,26-18)14-4-7-16(21)8-5-14/h4-10H,11H2,1-3H3/t19-/m0/s1. The smallest absolute Gasteiger partial charge is 0.247 e. The lowest BCUT2D eigenvalue weighted by Crippen LogP contribution is -2.41. The average molecular weight is 377 g/mol. The van der Waals surface area contributed by atoms with E-state index in [-0.39, 0.29) is 24.2 Å². The molecule has 136 valence electrons. The summed E-state index contributed by atoms with van der Waals surface area (Å²) in [6.07, 6.45) is 0. The van der Waals surface area contributed by atoms with Crippen molar-refractivity contribution in [1.82, 2.24) is 5.01 Å². The van der Waals surface area contributed by atoms with E-state index in [1.807, 2.05) is 6.92 Å². The largest absolute Gasteiger partial charge is 0.484 e. The van der Waals surface area contributed by atoms with E-state index in [1.165, 1.54) is 24.1 Å². The van der Waals surface area contributed by atoms with E-state index in [4.69, 9.17) is 21.1 Å². The third-order valence-corrected chi connectivity index (χ3v) is 4.33. The molecule has 0 spiro atoms. The van der Waals surface area contributed by atoms with Crippen LogP contribution in [-0.2, 0) is 15.3 Å². The summed E-state index contributed by atoms with van der Waals surface area (Å²) in [5, 5.41) is 6.09. The van der Waals surface area contributed by atoms with Crippen LogP contribution in [0.4, 0.5) is 4.39 Å². The minimum atomic E-state index is -1.16. The fraction of sp³-hybridized carbons (Fsp3) is 0.263. The zero-order valence-corrected chi connectivity index (χ0v) is 15.4. The van der Waals surface area contributed by atoms with Gasteiger partial charge in [-0.3, -0.25) is 4.79 Å². The van der Waals surface area contributed by atoms with Gasteiger partial charge >= 0.3 is 0 Å². The Morgan fingerprint density at radius 3 is 2.62 bits per heavy atom. The summed E-state index contributed by atoms with van der Waals surface area (Å²) in [6.45, 7) is 5.01. The van der Waals surface area contributed by atoms with E-state index in [2.05, 4.69) is 5.10 Å². The van der Waals surface area contributed by atoms with Crippen LogP contribution < -0.4 is 4.74 Å². The third-order valence-electron chi connectivity index (χ3n) is 4.10. The van der Waals surface area contributed by atoms with Crippen molar-refractivity contribution >= 4 is 23.4 Å². The number of carbonyl (C=O) groups excluding carboxylic acids is 1. The molecule has 1 amide bonds. The highest BCUT2D eigenvalue weighted by Crippen LogP contribution is 2.35. The molecule has 2 aromatic carbocycles. The molecule has 5 nitrogen and oxygen atoms in total. The minimum Gasteiger partial charge on any atom is -0.484 e. The van der Waals surface area contributed by atoms with Crippen LogP contribution in [0, 0.1) is 12.7 Å². The first-order valence-electron chi connectivity index (χ1n) is 8.02. The Balaban J connectivity index is 1.80. The third kappa shape index (κ3) is 3.51. The van der Waals surface area contributed by atoms with Gasteiger partial charge in [0.1, 0.15) is 11.6 Å². The lowest BCUT2D eigenvalue weighted by Gasteiger charge is -2.31. The van der Waals surface area contributed by atoms with E-state index in [9.17, 15) is 9.18 Å². The molecule has 0 fully saturated rings. The van der Waals surface area contributed by atoms with E-state index in [0.717, 1.165) is 5.56 Å². The Labute approximate surface area is 156 Å². The van der Waals surface area contributed by atoms with Crippen molar-refractivity contribution in [2.75, 3.05) is 6.61 Å². The molecular weight excluding hydrogens is 359 g/mol. The fourth-order valence-corrected chi connectivity index (χ4v) is 3.01. The Hall–Kier alpha value is -2.60. The van der Waals surface area contributed by atoms with E-state index in [0.29, 0.717) is 16.3 Å². The molecule has 0 aromatic heterocycles. The van der Waals surface area contributed by atoms with Crippen molar-refractivity contribution in [3.8, 4) is 5.75 Å². The number of hydrogen-bond acceptors (Lipinski definition) is 4. The Bertz CT molecular complexity index is 870. The first-order chi connectivity index (χ1) is 12.3. The number of hydrogen-bond donors (Lipinski definition) is 0. The maximum Gasteiger partial charge on any atom is 0.247 e. The molecule has 0 unspecified atom stereocenters. The molecule has 1 heterocycles. The quantitative estimate of drug-likeness (QED) is 0.802. The molecule has 0 N–H and O–H groups in total. The van der Waals surface area contributed by atoms with Crippen LogP contribution in [-0.4, -0.2) is 23.4 Å². The molecule has 2 aromatic rings. The van der Waals surface area contributed by atoms with Gasteiger partial charge in [0.2, 0.25) is 17.5 Å². The molecule has 1 aliphatic rings. The highest BCUT2D eigenvalue weighted by Gasteiger charge is 2.44. The summed E-state index contributed by atoms with van der Waals surface area (Å²) in [6, 6.07) is 11.0. The average Bonchev–Trinajstić information content (AvgIpc) is 2.93. The van der Waals surface area contributed by atoms with Gasteiger partial charge in [-0.15, -0.1) is 5.10 Å². The molecule has 0 saturated heterocycles. The first-order valence-corrected chi connectivity index (χ1v) is 8.39. The first kappa shape index (κ1) is 18.2. The number of carbonyl (C=O) groups is 1. The SMILES string of the molecule is CC(=O)N1N=C(COc2ccc(Cl)cc2C)O[C@@]1(C)c1ccc(F)cc1. The number of nitrogens with zero attached hydrogens (tertiary/aromatic N) is 2. The topological polar surface area (TPSA) is 51.1 Å². The summed E-state index contributed by atoms with van der Waals surface area (Å²) in [5.41, 5.74) is 0.323. The van der Waals surface area contributed by atoms with Crippen LogP contribution in [0.15, 0.2) is 47.6 Å². The van der Waals surface area contributed by atoms with Crippen LogP contribution in [0.3, 0.4) is 0 Å². The van der Waals surface area contributed by atoms with Gasteiger partial charge in [-0.05, 0) is 42.8 Å². The molecule has 0 radical (unpaired) electrons. The summed E-state index contributed by atoms with van der Waals surface area (Å²) in [4.78, 5) is 12.0. The summed E-state index contributed by atoms with van der Waals surface area (Å²) < 4.78 is 24.9. The van der Waals surface area contributed by atoms with Crippen molar-refractivity contribution < 1.29 is 18.7 Å². The second-order valence-electron chi connectivity index (χ2n) is 6.11. The van der Waals surface area contributed by atoms with Crippen LogP contribution in [0.1, 0.15) is 25.0 Å². The van der Waals surface area contributed by atoms with Gasteiger partial charge in [0.05, 0.1) is 0 Å². The van der Waals surface area contributed by atoms with Crippen molar-refractivity contribution in [2.24, 2.45) is 5.10 Å². The van der Waals surface area contributed by atoms with Crippen molar-refractivity contribution in [2.45, 2.75) is 26.5 Å². The normalized spacial score (nSPS) is 19.1. The van der Waals surface area contributed by atoms with Gasteiger partial charge in [0.25, 0.3) is 0 Å². The number of aryl methyl sites for hydroxylation is 1. The highest BCUT2D eigenvalue weighted by molar-refractivity contribution is 6.30. The zero-order chi connectivity index (χ0) is 18.9. The number of halogens is 2. The Morgan fingerprint density at radius 2 is 2.00 bits per heavy atom. The summed E-state index contributed by atoms with van der Waals surface area (Å²) in [5.74, 6) is 0.230. The van der Waals surface area contributed by atoms with Crippen molar-refractivity contribution in [1.29, 1.82) is 0 Å². The molecule has 1 aliphatic heterocycles. The highest BCUT2D eigenvalue weighted by atomic mass is 35.5. The maximum absolute atomic E-state index is 13.2. The molecule has 7 heteroatoms. The van der Waals surface area contributed by atoms with Crippen LogP contribution in [0.25, 0.3) is 0 Å². The zero-order valence-electron chi connectivity index (χ0n) is 14.6. The van der Waals surface area contributed by atoms with Gasteiger partial charge in [-0.2, -0.15) is 5.01 Å². The van der Waals surface area contributed by atoms with Gasteiger partial charge in [0.15, 0.2) is 6.61 Å². The maximum atomic E-state index is 13.2. The Morgan fingerprint density at radius 1 is 1.31 bits per heavy atom. The molecule has 0 bridgehead atoms. The van der Waals surface area contributed by atoms with E-state index < -0.39 is 5.72 Å². The van der Waals surface area contributed by atoms with Gasteiger partial charge in [0, 0.05) is 24.4 Å². The monoisotopic (exact) mass is 376 g/mol. The minimum absolute atomic E-state index is 0.0447. The van der Waals surface area contributed by atoms with Crippen molar-refractivity contribution in [3.05, 3.63) is 64.4 Å². The number of ether oxygens (including phenoxy) is 2. The number of hydrazone groups is 1. The molecule has 0 aliphatic carbocycles. The Kier molecular flexibility index (Phi) is 4.87. The molecule has 0 saturated carbocycles. The van der Waals surface area contributed by atoms with Crippen LogP contribution in [0.2, 0.25) is 5.02 Å². The van der Waals surface area contributed by atoms with Gasteiger partial charge in [-0.1, -0.05) is 23.7 Å². The predicted octanol–water partition coefficient (Wildman–Crippen LogP) is 4.23. The number of amides is 1.